The van der Waals surface area contributed by atoms with E-state index in [2.05, 4.69) is 0 Å². The number of carboxylic acids is 1. The third kappa shape index (κ3) is 15.5. The Labute approximate surface area is 113 Å². The molecule has 96 valence electrons. The zero-order valence-electron chi connectivity index (χ0n) is 10.1. The molecule has 0 atom stereocenters. The SMILES string of the molecule is COCCOCCOC(=O)CCCC(=O)O.[Zn]. The number of hydrogen-bond donors (Lipinski definition) is 1. The molecular weight excluding hydrogens is 281 g/mol. The van der Waals surface area contributed by atoms with Crippen LogP contribution in [0.15, 0.2) is 0 Å². The molecule has 0 aromatic rings. The minimum absolute atomic E-state index is 0. The van der Waals surface area contributed by atoms with Crippen LogP contribution in [0.5, 0.6) is 0 Å². The molecule has 0 aromatic heterocycles. The monoisotopic (exact) mass is 298 g/mol. The fourth-order valence-electron chi connectivity index (χ4n) is 0.915. The summed E-state index contributed by atoms with van der Waals surface area (Å²) in [5.74, 6) is -1.30. The molecule has 0 spiro atoms. The first-order valence-electron chi connectivity index (χ1n) is 5.11. The number of carbonyl (C=O) groups excluding carboxylic acids is 1. The molecule has 0 heterocycles. The molecule has 0 bridgehead atoms. The van der Waals surface area contributed by atoms with E-state index in [-0.39, 0.29) is 38.9 Å². The average Bonchev–Trinajstić information content (AvgIpc) is 2.22. The topological polar surface area (TPSA) is 82.1 Å². The van der Waals surface area contributed by atoms with E-state index >= 15 is 0 Å². The van der Waals surface area contributed by atoms with Gasteiger partial charge in [0, 0.05) is 39.4 Å². The number of ether oxygens (including phenoxy) is 3. The smallest absolute Gasteiger partial charge is 0.305 e. The zero-order chi connectivity index (χ0) is 12.2. The molecule has 0 aromatic carbocycles. The summed E-state index contributed by atoms with van der Waals surface area (Å²) in [6.45, 7) is 1.49. The van der Waals surface area contributed by atoms with Gasteiger partial charge in [-0.1, -0.05) is 0 Å². The van der Waals surface area contributed by atoms with Crippen LogP contribution in [0.25, 0.3) is 0 Å². The van der Waals surface area contributed by atoms with Gasteiger partial charge >= 0.3 is 11.9 Å². The molecule has 0 saturated carbocycles. The summed E-state index contributed by atoms with van der Waals surface area (Å²) < 4.78 is 14.6. The molecule has 0 aliphatic rings. The van der Waals surface area contributed by atoms with Crippen molar-refractivity contribution in [1.82, 2.24) is 0 Å². The van der Waals surface area contributed by atoms with E-state index in [1.807, 2.05) is 0 Å². The van der Waals surface area contributed by atoms with Crippen molar-refractivity contribution >= 4 is 11.9 Å². The van der Waals surface area contributed by atoms with E-state index in [4.69, 9.17) is 19.3 Å². The van der Waals surface area contributed by atoms with Crippen LogP contribution in [0.4, 0.5) is 0 Å². The first-order valence-corrected chi connectivity index (χ1v) is 5.11. The standard InChI is InChI=1S/C10H18O6.Zn/c1-14-5-6-15-7-8-16-10(13)4-2-3-9(11)12;/h2-8H2,1H3,(H,11,12);. The number of aliphatic carboxylic acids is 1. The Morgan fingerprint density at radius 1 is 1.06 bits per heavy atom. The molecule has 7 heteroatoms. The van der Waals surface area contributed by atoms with E-state index in [0.717, 1.165) is 0 Å². The summed E-state index contributed by atoms with van der Waals surface area (Å²) >= 11 is 0. The van der Waals surface area contributed by atoms with Crippen molar-refractivity contribution in [2.45, 2.75) is 19.3 Å². The van der Waals surface area contributed by atoms with Crippen molar-refractivity contribution in [3.8, 4) is 0 Å². The molecule has 0 aliphatic heterocycles. The van der Waals surface area contributed by atoms with Gasteiger partial charge in [-0.2, -0.15) is 0 Å². The summed E-state index contributed by atoms with van der Waals surface area (Å²) in [7, 11) is 1.58. The second-order valence-corrected chi connectivity index (χ2v) is 3.07. The molecule has 6 nitrogen and oxygen atoms in total. The van der Waals surface area contributed by atoms with Gasteiger partial charge in [-0.15, -0.1) is 0 Å². The third-order valence-electron chi connectivity index (χ3n) is 1.69. The van der Waals surface area contributed by atoms with Crippen molar-refractivity contribution < 1.29 is 48.4 Å². The summed E-state index contributed by atoms with van der Waals surface area (Å²) in [6, 6.07) is 0. The Bertz CT molecular complexity index is 209. The molecule has 17 heavy (non-hydrogen) atoms. The molecule has 0 fully saturated rings. The van der Waals surface area contributed by atoms with Gasteiger partial charge in [0.15, 0.2) is 0 Å². The predicted octanol–water partition coefficient (Wildman–Crippen LogP) is 0.445. The molecule has 1 N–H and O–H groups in total. The van der Waals surface area contributed by atoms with Gasteiger partial charge < -0.3 is 19.3 Å². The number of carboxylic acid groups (broad SMARTS) is 1. The Morgan fingerprint density at radius 3 is 2.29 bits per heavy atom. The van der Waals surface area contributed by atoms with E-state index in [0.29, 0.717) is 26.2 Å². The van der Waals surface area contributed by atoms with Gasteiger partial charge in [-0.3, -0.25) is 9.59 Å². The Hall–Kier alpha value is -0.517. The molecular formula is C10H18O6Zn. The quantitative estimate of drug-likeness (QED) is 0.358. The first-order chi connectivity index (χ1) is 7.66. The molecule has 0 saturated heterocycles. The number of esters is 1. The average molecular weight is 300 g/mol. The van der Waals surface area contributed by atoms with E-state index in [1.165, 1.54) is 0 Å². The van der Waals surface area contributed by atoms with E-state index in [9.17, 15) is 9.59 Å². The maximum Gasteiger partial charge on any atom is 0.305 e. The third-order valence-corrected chi connectivity index (χ3v) is 1.69. The number of methoxy groups -OCH3 is 1. The summed E-state index contributed by atoms with van der Waals surface area (Å²) in [4.78, 5) is 21.2. The van der Waals surface area contributed by atoms with Crippen LogP contribution in [0.3, 0.4) is 0 Å². The Morgan fingerprint density at radius 2 is 1.71 bits per heavy atom. The van der Waals surface area contributed by atoms with Crippen LogP contribution < -0.4 is 0 Å². The number of hydrogen-bond acceptors (Lipinski definition) is 5. The zero-order valence-corrected chi connectivity index (χ0v) is 13.1. The second kappa shape index (κ2) is 13.5. The van der Waals surface area contributed by atoms with Gasteiger partial charge in [0.25, 0.3) is 0 Å². The van der Waals surface area contributed by atoms with Gasteiger partial charge in [0.1, 0.15) is 6.61 Å². The Kier molecular flexibility index (Phi) is 15.0. The van der Waals surface area contributed by atoms with Crippen LogP contribution in [-0.2, 0) is 43.3 Å². The predicted molar refractivity (Wildman–Crippen MR) is 55.1 cm³/mol. The summed E-state index contributed by atoms with van der Waals surface area (Å²) in [6.07, 6.45) is 0.419. The summed E-state index contributed by atoms with van der Waals surface area (Å²) in [5.41, 5.74) is 0. The van der Waals surface area contributed by atoms with Crippen molar-refractivity contribution in [1.29, 1.82) is 0 Å². The fourth-order valence-corrected chi connectivity index (χ4v) is 0.915. The number of rotatable bonds is 10. The van der Waals surface area contributed by atoms with Crippen LogP contribution in [0.1, 0.15) is 19.3 Å². The molecule has 0 unspecified atom stereocenters. The van der Waals surface area contributed by atoms with E-state index < -0.39 is 11.9 Å². The largest absolute Gasteiger partial charge is 0.481 e. The van der Waals surface area contributed by atoms with Gasteiger partial charge in [-0.05, 0) is 6.42 Å². The minimum Gasteiger partial charge on any atom is -0.481 e. The van der Waals surface area contributed by atoms with Gasteiger partial charge in [-0.25, -0.2) is 0 Å². The number of carbonyl (C=O) groups is 2. The molecule has 0 aliphatic carbocycles. The van der Waals surface area contributed by atoms with Crippen molar-refractivity contribution in [3.63, 3.8) is 0 Å². The molecule has 0 radical (unpaired) electrons. The van der Waals surface area contributed by atoms with Gasteiger partial charge in [0.05, 0.1) is 19.8 Å². The van der Waals surface area contributed by atoms with Crippen LogP contribution in [0.2, 0.25) is 0 Å². The first kappa shape index (κ1) is 18.8. The Balaban J connectivity index is 0. The fraction of sp³-hybridized carbons (Fsp3) is 0.800. The maximum absolute atomic E-state index is 11.0. The van der Waals surface area contributed by atoms with Crippen molar-refractivity contribution in [2.75, 3.05) is 33.5 Å². The van der Waals surface area contributed by atoms with Crippen LogP contribution in [0, 0.1) is 0 Å². The minimum atomic E-state index is -0.907. The normalized spacial score (nSPS) is 9.47. The van der Waals surface area contributed by atoms with Gasteiger partial charge in [0.2, 0.25) is 0 Å². The molecule has 0 rings (SSSR count). The van der Waals surface area contributed by atoms with Crippen molar-refractivity contribution in [3.05, 3.63) is 0 Å². The van der Waals surface area contributed by atoms with Crippen LogP contribution >= 0.6 is 0 Å². The van der Waals surface area contributed by atoms with Crippen LogP contribution in [-0.4, -0.2) is 50.6 Å². The maximum atomic E-state index is 11.0. The second-order valence-electron chi connectivity index (χ2n) is 3.07. The molecule has 0 amide bonds. The summed E-state index contributed by atoms with van der Waals surface area (Å²) in [5, 5.41) is 8.34. The van der Waals surface area contributed by atoms with Crippen molar-refractivity contribution in [2.24, 2.45) is 0 Å². The van der Waals surface area contributed by atoms with E-state index in [1.54, 1.807) is 7.11 Å².